The van der Waals surface area contributed by atoms with Gasteiger partial charge in [-0.3, -0.25) is 19.2 Å². The van der Waals surface area contributed by atoms with Gasteiger partial charge in [-0.05, 0) is 71.1 Å². The van der Waals surface area contributed by atoms with Crippen LogP contribution in [0.5, 0.6) is 5.75 Å². The number of esters is 2. The molecule has 0 saturated heterocycles. The Morgan fingerprint density at radius 2 is 1.52 bits per heavy atom. The summed E-state index contributed by atoms with van der Waals surface area (Å²) in [6, 6.07) is 5.21. The average molecular weight is 785 g/mol. The summed E-state index contributed by atoms with van der Waals surface area (Å²) in [5.74, 6) is -0.912. The maximum atomic E-state index is 14.1. The minimum Gasteiger partial charge on any atom is -0.481 e. The highest BCUT2D eigenvalue weighted by atomic mass is 16.6. The number of carboxylic acid groups (broad SMARTS) is 1. The van der Waals surface area contributed by atoms with Crippen LogP contribution in [0.4, 0.5) is 0 Å². The number of aliphatic carboxylic acids is 1. The van der Waals surface area contributed by atoms with Crippen LogP contribution in [0, 0.1) is 17.8 Å². The molecular formula is C43H64N2O11. The smallest absolute Gasteiger partial charge is 0.340 e. The number of rotatable bonds is 27. The zero-order valence-corrected chi connectivity index (χ0v) is 34.4. The molecule has 0 aromatic heterocycles. The fourth-order valence-corrected chi connectivity index (χ4v) is 5.56. The molecule has 0 fully saturated rings. The molecule has 56 heavy (non-hydrogen) atoms. The number of Topliss-reactive ketones (excluding diaryl/α,β-unsaturated/α-hetero) is 1. The third-order valence-electron chi connectivity index (χ3n) is 8.72. The first-order valence-corrected chi connectivity index (χ1v) is 19.6. The molecule has 0 unspecified atom stereocenters. The number of aliphatic hydroxyl groups is 1. The van der Waals surface area contributed by atoms with Crippen molar-refractivity contribution in [2.45, 2.75) is 142 Å². The SMILES string of the molecule is CC#CCOc1ccc(C[C@H](NC(=O)[C@@H](C=CCCCCCCC(=O)CCCCCCC)[C@@](O)(CC(=O)O)C(=O)OC(C)(C)C)C(=O)OCC(=O)N(C)C)cc1. The van der Waals surface area contributed by atoms with E-state index in [4.69, 9.17) is 14.2 Å². The van der Waals surface area contributed by atoms with E-state index in [-0.39, 0.29) is 18.8 Å². The van der Waals surface area contributed by atoms with Crippen molar-refractivity contribution in [1.29, 1.82) is 0 Å². The molecule has 312 valence electrons. The van der Waals surface area contributed by atoms with Crippen LogP contribution < -0.4 is 10.1 Å². The molecule has 0 saturated carbocycles. The Labute approximate surface area is 332 Å². The van der Waals surface area contributed by atoms with E-state index in [2.05, 4.69) is 24.1 Å². The van der Waals surface area contributed by atoms with Crippen LogP contribution in [-0.2, 0) is 44.7 Å². The van der Waals surface area contributed by atoms with Crippen molar-refractivity contribution in [1.82, 2.24) is 10.2 Å². The van der Waals surface area contributed by atoms with E-state index in [1.165, 1.54) is 52.3 Å². The summed E-state index contributed by atoms with van der Waals surface area (Å²) in [6.07, 6.45) is 11.6. The van der Waals surface area contributed by atoms with Crippen molar-refractivity contribution in [3.05, 3.63) is 42.0 Å². The number of unbranched alkanes of at least 4 members (excludes halogenated alkanes) is 8. The molecular weight excluding hydrogens is 720 g/mol. The number of nitrogens with one attached hydrogen (secondary N) is 1. The van der Waals surface area contributed by atoms with Crippen molar-refractivity contribution in [2.24, 2.45) is 5.92 Å². The molecule has 13 heteroatoms. The van der Waals surface area contributed by atoms with Crippen LogP contribution in [0.15, 0.2) is 36.4 Å². The van der Waals surface area contributed by atoms with Crippen LogP contribution in [0.1, 0.15) is 124 Å². The van der Waals surface area contributed by atoms with E-state index < -0.39 is 65.9 Å². The first-order valence-electron chi connectivity index (χ1n) is 19.6. The molecule has 1 rings (SSSR count). The van der Waals surface area contributed by atoms with Gasteiger partial charge in [0.25, 0.3) is 5.91 Å². The minimum atomic E-state index is -2.87. The van der Waals surface area contributed by atoms with Gasteiger partial charge in [0.05, 0.1) is 12.3 Å². The fraction of sp³-hybridized carbons (Fsp3) is 0.628. The van der Waals surface area contributed by atoms with Crippen molar-refractivity contribution in [3.8, 4) is 17.6 Å². The predicted octanol–water partition coefficient (Wildman–Crippen LogP) is 5.74. The summed E-state index contributed by atoms with van der Waals surface area (Å²) in [6.45, 7) is 8.01. The van der Waals surface area contributed by atoms with Crippen molar-refractivity contribution in [3.63, 3.8) is 0 Å². The van der Waals surface area contributed by atoms with E-state index >= 15 is 0 Å². The molecule has 1 aromatic rings. The van der Waals surface area contributed by atoms with Crippen LogP contribution in [0.25, 0.3) is 0 Å². The number of ether oxygens (including phenoxy) is 3. The van der Waals surface area contributed by atoms with Crippen LogP contribution >= 0.6 is 0 Å². The molecule has 13 nitrogen and oxygen atoms in total. The lowest BCUT2D eigenvalue weighted by atomic mass is 9.82. The van der Waals surface area contributed by atoms with Crippen molar-refractivity contribution < 1.29 is 53.2 Å². The Morgan fingerprint density at radius 3 is 2.07 bits per heavy atom. The second kappa shape index (κ2) is 26.2. The molecule has 1 aromatic carbocycles. The van der Waals surface area contributed by atoms with Crippen molar-refractivity contribution >= 4 is 35.5 Å². The van der Waals surface area contributed by atoms with Gasteiger partial charge in [0.1, 0.15) is 29.8 Å². The van der Waals surface area contributed by atoms with Gasteiger partial charge in [0, 0.05) is 33.4 Å². The first kappa shape index (κ1) is 49.3. The van der Waals surface area contributed by atoms with E-state index in [1.54, 1.807) is 37.3 Å². The summed E-state index contributed by atoms with van der Waals surface area (Å²) in [7, 11) is 2.97. The highest BCUT2D eigenvalue weighted by Crippen LogP contribution is 2.29. The van der Waals surface area contributed by atoms with Gasteiger partial charge in [-0.25, -0.2) is 9.59 Å². The lowest BCUT2D eigenvalue weighted by Gasteiger charge is -2.34. The molecule has 3 N–H and O–H groups in total. The number of likely N-dealkylation sites (N-methyl/N-ethyl adjacent to an activating group) is 1. The topological polar surface area (TPSA) is 186 Å². The number of carboxylic acids is 1. The maximum Gasteiger partial charge on any atom is 0.340 e. The number of ketones is 1. The van der Waals surface area contributed by atoms with E-state index in [0.29, 0.717) is 37.0 Å². The number of hydrogen-bond acceptors (Lipinski definition) is 10. The van der Waals surface area contributed by atoms with E-state index in [9.17, 15) is 39.0 Å². The summed E-state index contributed by atoms with van der Waals surface area (Å²) in [5, 5.41) is 24.1. The Hall–Kier alpha value is -4.70. The Kier molecular flexibility index (Phi) is 23.1. The molecule has 0 aliphatic heterocycles. The largest absolute Gasteiger partial charge is 0.481 e. The van der Waals surface area contributed by atoms with Crippen LogP contribution in [-0.4, -0.2) is 95.2 Å². The van der Waals surface area contributed by atoms with Crippen LogP contribution in [0.3, 0.4) is 0 Å². The minimum absolute atomic E-state index is 0.128. The van der Waals surface area contributed by atoms with Gasteiger partial charge >= 0.3 is 17.9 Å². The normalized spacial score (nSPS) is 13.4. The molecule has 0 bridgehead atoms. The van der Waals surface area contributed by atoms with Gasteiger partial charge < -0.3 is 34.6 Å². The average Bonchev–Trinajstić information content (AvgIpc) is 3.12. The standard InChI is InChI=1S/C43H64N2O11/c1-8-10-12-15-18-21-33(46)22-19-16-13-14-17-20-23-35(43(53,30-38(48)49)41(52)56-42(3,4)5)39(50)44-36(40(51)55-31-37(47)45(6)7)29-32-24-26-34(27-25-32)54-28-11-9-2/h20,23-27,35-36,53H,8,10,12-19,21-22,28-31H2,1-7H3,(H,44,50)(H,48,49)/t35-,36+,43+/m1/s1. The third-order valence-corrected chi connectivity index (χ3v) is 8.72. The zero-order chi connectivity index (χ0) is 42.1. The maximum absolute atomic E-state index is 14.1. The molecule has 0 spiro atoms. The molecule has 0 heterocycles. The van der Waals surface area contributed by atoms with E-state index in [0.717, 1.165) is 44.9 Å². The third kappa shape index (κ3) is 20.3. The van der Waals surface area contributed by atoms with Gasteiger partial charge in [-0.1, -0.05) is 75.7 Å². The quantitative estimate of drug-likeness (QED) is 0.0428. The number of nitrogens with zero attached hydrogens (tertiary/aromatic N) is 1. The second-order valence-corrected chi connectivity index (χ2v) is 15.1. The summed E-state index contributed by atoms with van der Waals surface area (Å²) >= 11 is 0. The number of carbonyl (C=O) groups is 6. The van der Waals surface area contributed by atoms with Gasteiger partial charge in [-0.2, -0.15) is 0 Å². The number of carbonyl (C=O) groups excluding carboxylic acids is 5. The monoisotopic (exact) mass is 784 g/mol. The number of hydrogen-bond donors (Lipinski definition) is 3. The second-order valence-electron chi connectivity index (χ2n) is 15.1. The number of amides is 2. The van der Waals surface area contributed by atoms with Gasteiger partial charge in [-0.15, -0.1) is 5.92 Å². The molecule has 0 radical (unpaired) electrons. The Balaban J connectivity index is 3.28. The van der Waals surface area contributed by atoms with E-state index in [1.807, 2.05) is 0 Å². The fourth-order valence-electron chi connectivity index (χ4n) is 5.56. The summed E-state index contributed by atoms with van der Waals surface area (Å²) in [5.41, 5.74) is -3.45. The number of benzene rings is 1. The molecule has 2 amide bonds. The zero-order valence-electron chi connectivity index (χ0n) is 34.4. The summed E-state index contributed by atoms with van der Waals surface area (Å²) in [4.78, 5) is 78.7. The molecule has 0 aliphatic rings. The number of allylic oxidation sites excluding steroid dienone is 1. The first-order chi connectivity index (χ1) is 26.4. The predicted molar refractivity (Wildman–Crippen MR) is 212 cm³/mol. The molecule has 3 atom stereocenters. The van der Waals surface area contributed by atoms with Gasteiger partial charge in [0.15, 0.2) is 12.2 Å². The lowest BCUT2D eigenvalue weighted by Crippen LogP contribution is -2.57. The Morgan fingerprint density at radius 1 is 0.911 bits per heavy atom. The van der Waals surface area contributed by atoms with Gasteiger partial charge in [0.2, 0.25) is 5.91 Å². The lowest BCUT2D eigenvalue weighted by molar-refractivity contribution is -0.187. The van der Waals surface area contributed by atoms with Crippen LogP contribution in [0.2, 0.25) is 0 Å². The Bertz CT molecular complexity index is 1500. The highest BCUT2D eigenvalue weighted by Gasteiger charge is 2.51. The summed E-state index contributed by atoms with van der Waals surface area (Å²) < 4.78 is 16.2. The van der Waals surface area contributed by atoms with Crippen molar-refractivity contribution in [2.75, 3.05) is 27.3 Å². The highest BCUT2D eigenvalue weighted by molar-refractivity contribution is 5.95. The molecule has 0 aliphatic carbocycles.